The molecule has 0 saturated heterocycles. The van der Waals surface area contributed by atoms with E-state index in [1.807, 2.05) is 6.07 Å². The number of hydrogen-bond donors (Lipinski definition) is 0. The molecule has 1 aromatic carbocycles. The minimum absolute atomic E-state index is 0.341. The van der Waals surface area contributed by atoms with Gasteiger partial charge in [-0.15, -0.1) is 0 Å². The van der Waals surface area contributed by atoms with Crippen molar-refractivity contribution in [1.82, 2.24) is 0 Å². The highest BCUT2D eigenvalue weighted by atomic mass is 19.4. The smallest absolute Gasteiger partial charge is 0.292 e. The van der Waals surface area contributed by atoms with Gasteiger partial charge in [-0.1, -0.05) is 17.7 Å². The van der Waals surface area contributed by atoms with Crippen LogP contribution in [0.3, 0.4) is 0 Å². The number of nitriles is 1. The summed E-state index contributed by atoms with van der Waals surface area (Å²) in [7, 11) is 0. The van der Waals surface area contributed by atoms with Crippen LogP contribution in [0, 0.1) is 23.7 Å². The Labute approximate surface area is 102 Å². The number of alkyl halides is 3. The first-order valence-electron chi connectivity index (χ1n) is 5.44. The second kappa shape index (κ2) is 3.84. The first-order chi connectivity index (χ1) is 8.30. The summed E-state index contributed by atoms with van der Waals surface area (Å²) >= 11 is 0. The topological polar surface area (TPSA) is 40.9 Å². The van der Waals surface area contributed by atoms with Crippen LogP contribution in [-0.4, -0.2) is 5.78 Å². The summed E-state index contributed by atoms with van der Waals surface area (Å²) in [6, 6.07) is 5.39. The fraction of sp³-hybridized carbons (Fsp3) is 0.385. The number of hydrogen-bond acceptors (Lipinski definition) is 2. The van der Waals surface area contributed by atoms with Crippen molar-refractivity contribution in [1.29, 1.82) is 5.26 Å². The second-order valence-electron chi connectivity index (χ2n) is 4.57. The molecule has 0 heterocycles. The number of aryl methyl sites for hydroxylation is 1. The van der Waals surface area contributed by atoms with Crippen molar-refractivity contribution in [3.63, 3.8) is 0 Å². The largest absolute Gasteiger partial charge is 0.417 e. The molecule has 0 radical (unpaired) electrons. The Hall–Kier alpha value is -1.83. The van der Waals surface area contributed by atoms with E-state index in [0.717, 1.165) is 12.1 Å². The van der Waals surface area contributed by atoms with Gasteiger partial charge in [0.25, 0.3) is 0 Å². The van der Waals surface area contributed by atoms with Gasteiger partial charge in [0.05, 0.1) is 11.6 Å². The van der Waals surface area contributed by atoms with Gasteiger partial charge in [-0.3, -0.25) is 4.79 Å². The minimum atomic E-state index is -4.58. The van der Waals surface area contributed by atoms with E-state index in [0.29, 0.717) is 18.4 Å². The summed E-state index contributed by atoms with van der Waals surface area (Å²) in [5, 5.41) is 8.88. The monoisotopic (exact) mass is 253 g/mol. The number of halogens is 3. The molecule has 0 unspecified atom stereocenters. The van der Waals surface area contributed by atoms with E-state index in [1.165, 1.54) is 13.0 Å². The Morgan fingerprint density at radius 1 is 1.39 bits per heavy atom. The second-order valence-corrected chi connectivity index (χ2v) is 4.57. The van der Waals surface area contributed by atoms with Crippen molar-refractivity contribution in [2.45, 2.75) is 25.9 Å². The zero-order chi connectivity index (χ0) is 13.6. The first-order valence-corrected chi connectivity index (χ1v) is 5.44. The molecule has 0 amide bonds. The maximum Gasteiger partial charge on any atom is 0.417 e. The molecule has 18 heavy (non-hydrogen) atoms. The Kier molecular flexibility index (Phi) is 2.69. The first kappa shape index (κ1) is 12.6. The number of carbonyl (C=O) groups is 1. The Morgan fingerprint density at radius 3 is 2.44 bits per heavy atom. The summed E-state index contributed by atoms with van der Waals surface area (Å²) in [5.74, 6) is -0.711. The van der Waals surface area contributed by atoms with Crippen molar-refractivity contribution >= 4 is 5.78 Å². The van der Waals surface area contributed by atoms with Gasteiger partial charge in [0.2, 0.25) is 0 Å². The average molecular weight is 253 g/mol. The fourth-order valence-corrected chi connectivity index (χ4v) is 1.86. The van der Waals surface area contributed by atoms with E-state index in [2.05, 4.69) is 0 Å². The number of nitrogens with zero attached hydrogens (tertiary/aromatic N) is 1. The number of benzene rings is 1. The molecule has 0 atom stereocenters. The van der Waals surface area contributed by atoms with Gasteiger partial charge < -0.3 is 0 Å². The molecule has 2 nitrogen and oxygen atoms in total. The molecule has 0 N–H and O–H groups in total. The van der Waals surface area contributed by atoms with Crippen molar-refractivity contribution in [2.75, 3.05) is 0 Å². The SMILES string of the molecule is Cc1ccc(C(=O)C2(C#N)CC2)c(C(F)(F)F)c1. The van der Waals surface area contributed by atoms with E-state index < -0.39 is 28.5 Å². The quantitative estimate of drug-likeness (QED) is 0.757. The van der Waals surface area contributed by atoms with Gasteiger partial charge in [-0.2, -0.15) is 18.4 Å². The van der Waals surface area contributed by atoms with E-state index in [1.54, 1.807) is 0 Å². The number of carbonyl (C=O) groups excluding carboxylic acids is 1. The molecule has 1 saturated carbocycles. The van der Waals surface area contributed by atoms with E-state index in [9.17, 15) is 18.0 Å². The van der Waals surface area contributed by atoms with Gasteiger partial charge in [-0.25, -0.2) is 0 Å². The Bertz CT molecular complexity index is 550. The fourth-order valence-electron chi connectivity index (χ4n) is 1.86. The minimum Gasteiger partial charge on any atom is -0.292 e. The lowest BCUT2D eigenvalue weighted by Crippen LogP contribution is -2.20. The molecular formula is C13H10F3NO. The van der Waals surface area contributed by atoms with E-state index in [-0.39, 0.29) is 0 Å². The molecule has 0 spiro atoms. The zero-order valence-electron chi connectivity index (χ0n) is 9.64. The van der Waals surface area contributed by atoms with Crippen LogP contribution in [0.1, 0.15) is 34.3 Å². The summed E-state index contributed by atoms with van der Waals surface area (Å²) < 4.78 is 38.6. The zero-order valence-corrected chi connectivity index (χ0v) is 9.64. The van der Waals surface area contributed by atoms with Crippen molar-refractivity contribution in [3.8, 4) is 6.07 Å². The lowest BCUT2D eigenvalue weighted by atomic mass is 9.91. The number of rotatable bonds is 2. The molecule has 1 aliphatic carbocycles. The van der Waals surface area contributed by atoms with Crippen LogP contribution in [0.25, 0.3) is 0 Å². The molecule has 0 bridgehead atoms. The Balaban J connectivity index is 2.52. The molecule has 0 aliphatic heterocycles. The van der Waals surface area contributed by atoms with Crippen LogP contribution < -0.4 is 0 Å². The summed E-state index contributed by atoms with van der Waals surface area (Å²) in [4.78, 5) is 12.0. The number of ketones is 1. The predicted octanol–water partition coefficient (Wildman–Crippen LogP) is 3.50. The van der Waals surface area contributed by atoms with Gasteiger partial charge in [-0.05, 0) is 25.8 Å². The van der Waals surface area contributed by atoms with Crippen molar-refractivity contribution in [3.05, 3.63) is 34.9 Å². The maximum atomic E-state index is 12.9. The molecule has 1 fully saturated rings. The predicted molar refractivity (Wildman–Crippen MR) is 57.8 cm³/mol. The van der Waals surface area contributed by atoms with E-state index in [4.69, 9.17) is 5.26 Å². The Morgan fingerprint density at radius 2 is 2.00 bits per heavy atom. The van der Waals surface area contributed by atoms with Crippen LogP contribution in [-0.2, 0) is 6.18 Å². The highest BCUT2D eigenvalue weighted by molar-refractivity contribution is 6.05. The van der Waals surface area contributed by atoms with E-state index >= 15 is 0 Å². The molecule has 94 valence electrons. The standard InChI is InChI=1S/C13H10F3NO/c1-8-2-3-9(10(6-8)13(14,15)16)11(18)12(7-17)4-5-12/h2-3,6H,4-5H2,1H3. The highest BCUT2D eigenvalue weighted by Crippen LogP contribution is 2.49. The molecular weight excluding hydrogens is 243 g/mol. The normalized spacial score (nSPS) is 17.1. The molecule has 0 aromatic heterocycles. The molecule has 1 aliphatic rings. The van der Waals surface area contributed by atoms with Crippen LogP contribution >= 0.6 is 0 Å². The third-order valence-electron chi connectivity index (χ3n) is 3.12. The number of Topliss-reactive ketones (excluding diaryl/α,β-unsaturated/α-hetero) is 1. The van der Waals surface area contributed by atoms with Crippen LogP contribution in [0.2, 0.25) is 0 Å². The summed E-state index contributed by atoms with van der Waals surface area (Å²) in [6.07, 6.45) is -3.90. The maximum absolute atomic E-state index is 12.9. The molecule has 5 heteroatoms. The van der Waals surface area contributed by atoms with Crippen LogP contribution in [0.4, 0.5) is 13.2 Å². The molecule has 1 aromatic rings. The summed E-state index contributed by atoms with van der Waals surface area (Å²) in [5.41, 5.74) is -2.14. The lowest BCUT2D eigenvalue weighted by Gasteiger charge is -2.14. The molecule has 2 rings (SSSR count). The van der Waals surface area contributed by atoms with Gasteiger partial charge in [0, 0.05) is 5.56 Å². The van der Waals surface area contributed by atoms with Gasteiger partial charge >= 0.3 is 6.18 Å². The average Bonchev–Trinajstić information content (AvgIpc) is 3.08. The van der Waals surface area contributed by atoms with Crippen LogP contribution in [0.15, 0.2) is 18.2 Å². The third kappa shape index (κ3) is 1.99. The van der Waals surface area contributed by atoms with Gasteiger partial charge in [0.1, 0.15) is 5.41 Å². The van der Waals surface area contributed by atoms with Crippen molar-refractivity contribution < 1.29 is 18.0 Å². The van der Waals surface area contributed by atoms with Crippen molar-refractivity contribution in [2.24, 2.45) is 5.41 Å². The van der Waals surface area contributed by atoms with Crippen LogP contribution in [0.5, 0.6) is 0 Å². The third-order valence-corrected chi connectivity index (χ3v) is 3.12. The lowest BCUT2D eigenvalue weighted by molar-refractivity contribution is -0.138. The van der Waals surface area contributed by atoms with Gasteiger partial charge in [0.15, 0.2) is 5.78 Å². The summed E-state index contributed by atoms with van der Waals surface area (Å²) in [6.45, 7) is 1.53. The highest BCUT2D eigenvalue weighted by Gasteiger charge is 2.52.